The highest BCUT2D eigenvalue weighted by Gasteiger charge is 2.36. The largest absolute Gasteiger partial charge is 0.353 e. The number of nitrogens with one attached hydrogen (secondary N) is 1. The lowest BCUT2D eigenvalue weighted by Crippen LogP contribution is -2.37. The Morgan fingerprint density at radius 2 is 1.86 bits per heavy atom. The first-order valence-corrected chi connectivity index (χ1v) is 9.67. The minimum atomic E-state index is 0.148. The number of hydrogen-bond acceptors (Lipinski definition) is 4. The van der Waals surface area contributed by atoms with Crippen LogP contribution in [0.15, 0.2) is 5.16 Å². The van der Waals surface area contributed by atoms with Gasteiger partial charge in [0.2, 0.25) is 5.91 Å². The summed E-state index contributed by atoms with van der Waals surface area (Å²) >= 11 is 1.56. The number of aromatic nitrogens is 3. The van der Waals surface area contributed by atoms with Crippen molar-refractivity contribution < 1.29 is 4.79 Å². The molecule has 22 heavy (non-hydrogen) atoms. The summed E-state index contributed by atoms with van der Waals surface area (Å²) in [4.78, 5) is 12.1. The summed E-state index contributed by atoms with van der Waals surface area (Å²) in [5.41, 5.74) is 0. The van der Waals surface area contributed by atoms with E-state index in [-0.39, 0.29) is 5.91 Å². The summed E-state index contributed by atoms with van der Waals surface area (Å²) in [6, 6.07) is 0.986. The summed E-state index contributed by atoms with van der Waals surface area (Å²) in [6.07, 6.45) is 11.1. The highest BCUT2D eigenvalue weighted by atomic mass is 32.2. The number of rotatable bonds is 6. The van der Waals surface area contributed by atoms with E-state index in [0.29, 0.717) is 23.8 Å². The second-order valence-electron chi connectivity index (χ2n) is 6.91. The van der Waals surface area contributed by atoms with Crippen LogP contribution in [-0.4, -0.2) is 32.5 Å². The summed E-state index contributed by atoms with van der Waals surface area (Å²) in [5, 5.41) is 12.9. The average molecular weight is 320 g/mol. The van der Waals surface area contributed by atoms with Crippen LogP contribution in [0.3, 0.4) is 0 Å². The lowest BCUT2D eigenvalue weighted by atomic mass is 9.95. The number of carbonyl (C=O) groups is 1. The van der Waals surface area contributed by atoms with Crippen molar-refractivity contribution in [3.63, 3.8) is 0 Å². The molecule has 4 rings (SSSR count). The first-order chi connectivity index (χ1) is 10.8. The fourth-order valence-electron chi connectivity index (χ4n) is 3.33. The number of nitrogens with zero attached hydrogens (tertiary/aromatic N) is 3. The van der Waals surface area contributed by atoms with E-state index in [0.717, 1.165) is 23.8 Å². The Hall–Kier alpha value is -1.04. The van der Waals surface area contributed by atoms with Crippen molar-refractivity contribution in [1.29, 1.82) is 0 Å². The highest BCUT2D eigenvalue weighted by Crippen LogP contribution is 2.45. The maximum Gasteiger partial charge on any atom is 0.230 e. The second kappa shape index (κ2) is 6.22. The van der Waals surface area contributed by atoms with Crippen LogP contribution in [0, 0.1) is 0 Å². The maximum atomic E-state index is 12.1. The van der Waals surface area contributed by atoms with Crippen molar-refractivity contribution in [2.75, 3.05) is 5.75 Å². The zero-order valence-corrected chi connectivity index (χ0v) is 13.8. The van der Waals surface area contributed by atoms with E-state index in [9.17, 15) is 4.79 Å². The molecule has 0 saturated heterocycles. The molecule has 0 bridgehead atoms. The molecule has 0 atom stereocenters. The third-order valence-electron chi connectivity index (χ3n) is 4.85. The Labute approximate surface area is 135 Å². The van der Waals surface area contributed by atoms with E-state index in [2.05, 4.69) is 20.1 Å². The van der Waals surface area contributed by atoms with Gasteiger partial charge in [0, 0.05) is 18.0 Å². The molecule has 3 aliphatic rings. The van der Waals surface area contributed by atoms with Crippen LogP contribution in [0.25, 0.3) is 0 Å². The van der Waals surface area contributed by atoms with E-state index < -0.39 is 0 Å². The van der Waals surface area contributed by atoms with E-state index in [1.807, 2.05) is 0 Å². The Morgan fingerprint density at radius 1 is 1.09 bits per heavy atom. The summed E-state index contributed by atoms with van der Waals surface area (Å²) in [5.74, 6) is 2.40. The van der Waals surface area contributed by atoms with Gasteiger partial charge in [-0.3, -0.25) is 4.79 Å². The van der Waals surface area contributed by atoms with E-state index in [1.54, 1.807) is 11.8 Å². The van der Waals surface area contributed by atoms with Gasteiger partial charge in [-0.05, 0) is 38.5 Å². The van der Waals surface area contributed by atoms with Gasteiger partial charge in [-0.15, -0.1) is 10.2 Å². The summed E-state index contributed by atoms with van der Waals surface area (Å²) < 4.78 is 2.32. The SMILES string of the molecule is O=C(CSc1nnc(C2CC2)n1C1CC1)NC1CCCCC1. The van der Waals surface area contributed by atoms with Gasteiger partial charge < -0.3 is 9.88 Å². The molecule has 3 fully saturated rings. The molecule has 0 aromatic carbocycles. The van der Waals surface area contributed by atoms with Crippen LogP contribution < -0.4 is 5.32 Å². The van der Waals surface area contributed by atoms with Gasteiger partial charge in [0.05, 0.1) is 5.75 Å². The minimum Gasteiger partial charge on any atom is -0.353 e. The van der Waals surface area contributed by atoms with Gasteiger partial charge in [0.25, 0.3) is 0 Å². The molecule has 0 spiro atoms. The maximum absolute atomic E-state index is 12.1. The highest BCUT2D eigenvalue weighted by molar-refractivity contribution is 7.99. The molecular formula is C16H24N4OS. The Balaban J connectivity index is 1.34. The zero-order valence-electron chi connectivity index (χ0n) is 13.0. The fraction of sp³-hybridized carbons (Fsp3) is 0.812. The van der Waals surface area contributed by atoms with Crippen molar-refractivity contribution in [3.8, 4) is 0 Å². The standard InChI is InChI=1S/C16H24N4OS/c21-14(17-12-4-2-1-3-5-12)10-22-16-19-18-15(11-6-7-11)20(16)13-8-9-13/h11-13H,1-10H2,(H,17,21). The predicted molar refractivity (Wildman–Crippen MR) is 86.0 cm³/mol. The first-order valence-electron chi connectivity index (χ1n) is 8.68. The molecule has 1 aromatic rings. The summed E-state index contributed by atoms with van der Waals surface area (Å²) in [6.45, 7) is 0. The van der Waals surface area contributed by atoms with Crippen LogP contribution in [0.2, 0.25) is 0 Å². The molecule has 1 amide bonds. The van der Waals surface area contributed by atoms with Gasteiger partial charge in [-0.25, -0.2) is 0 Å². The van der Waals surface area contributed by atoms with Crippen LogP contribution in [-0.2, 0) is 4.79 Å². The molecule has 0 aliphatic heterocycles. The number of thioether (sulfide) groups is 1. The van der Waals surface area contributed by atoms with Crippen molar-refractivity contribution in [2.24, 2.45) is 0 Å². The van der Waals surface area contributed by atoms with Crippen LogP contribution >= 0.6 is 11.8 Å². The molecule has 3 saturated carbocycles. The van der Waals surface area contributed by atoms with Crippen molar-refractivity contribution >= 4 is 17.7 Å². The van der Waals surface area contributed by atoms with Crippen LogP contribution in [0.4, 0.5) is 0 Å². The van der Waals surface area contributed by atoms with Gasteiger partial charge in [-0.2, -0.15) is 0 Å². The minimum absolute atomic E-state index is 0.148. The first kappa shape index (κ1) is 14.5. The summed E-state index contributed by atoms with van der Waals surface area (Å²) in [7, 11) is 0. The smallest absolute Gasteiger partial charge is 0.230 e. The monoisotopic (exact) mass is 320 g/mol. The third-order valence-corrected chi connectivity index (χ3v) is 5.79. The predicted octanol–water partition coefficient (Wildman–Crippen LogP) is 3.03. The Kier molecular flexibility index (Phi) is 4.11. The molecule has 0 unspecified atom stereocenters. The molecule has 1 heterocycles. The molecule has 1 N–H and O–H groups in total. The zero-order chi connectivity index (χ0) is 14.9. The van der Waals surface area contributed by atoms with Crippen molar-refractivity contribution in [2.45, 2.75) is 80.9 Å². The topological polar surface area (TPSA) is 59.8 Å². The lowest BCUT2D eigenvalue weighted by molar-refractivity contribution is -0.119. The molecule has 1 aromatic heterocycles. The van der Waals surface area contributed by atoms with Gasteiger partial charge in [-0.1, -0.05) is 31.0 Å². The van der Waals surface area contributed by atoms with E-state index in [4.69, 9.17) is 0 Å². The van der Waals surface area contributed by atoms with Gasteiger partial charge >= 0.3 is 0 Å². The van der Waals surface area contributed by atoms with E-state index in [1.165, 1.54) is 44.9 Å². The quantitative estimate of drug-likeness (QED) is 0.819. The molecular weight excluding hydrogens is 296 g/mol. The Morgan fingerprint density at radius 3 is 2.55 bits per heavy atom. The van der Waals surface area contributed by atoms with Crippen molar-refractivity contribution in [1.82, 2.24) is 20.1 Å². The lowest BCUT2D eigenvalue weighted by Gasteiger charge is -2.22. The molecule has 6 heteroatoms. The van der Waals surface area contributed by atoms with Gasteiger partial charge in [0.1, 0.15) is 5.82 Å². The van der Waals surface area contributed by atoms with E-state index >= 15 is 0 Å². The molecule has 120 valence electrons. The van der Waals surface area contributed by atoms with Gasteiger partial charge in [0.15, 0.2) is 5.16 Å². The average Bonchev–Trinajstić information content (AvgIpc) is 3.45. The fourth-order valence-corrected chi connectivity index (χ4v) is 4.15. The second-order valence-corrected chi connectivity index (χ2v) is 7.85. The van der Waals surface area contributed by atoms with Crippen LogP contribution in [0.1, 0.15) is 75.6 Å². The van der Waals surface area contributed by atoms with Crippen molar-refractivity contribution in [3.05, 3.63) is 5.82 Å². The number of amides is 1. The normalized spacial score (nSPS) is 22.7. The van der Waals surface area contributed by atoms with Crippen LogP contribution in [0.5, 0.6) is 0 Å². The Bertz CT molecular complexity index is 544. The third kappa shape index (κ3) is 3.31. The number of hydrogen-bond donors (Lipinski definition) is 1. The number of carbonyl (C=O) groups excluding carboxylic acids is 1. The molecule has 0 radical (unpaired) electrons. The molecule has 5 nitrogen and oxygen atoms in total. The molecule has 3 aliphatic carbocycles.